The lowest BCUT2D eigenvalue weighted by molar-refractivity contribution is -0.148. The highest BCUT2D eigenvalue weighted by Gasteiger charge is 2.26. The minimum absolute atomic E-state index is 0.224. The van der Waals surface area contributed by atoms with Crippen LogP contribution in [0.25, 0.3) is 0 Å². The van der Waals surface area contributed by atoms with Gasteiger partial charge in [0.1, 0.15) is 11.5 Å². The highest BCUT2D eigenvalue weighted by atomic mass is 19.1. The highest BCUT2D eigenvalue weighted by Crippen LogP contribution is 2.40. The van der Waals surface area contributed by atoms with Gasteiger partial charge in [0.05, 0.1) is 12.5 Å². The lowest BCUT2D eigenvalue weighted by Crippen LogP contribution is -2.29. The number of nitrogens with zero attached hydrogens (tertiary/aromatic N) is 1. The molecule has 1 heterocycles. The number of pyridine rings is 1. The van der Waals surface area contributed by atoms with Crippen LogP contribution in [0.4, 0.5) is 4.39 Å². The molecule has 160 valence electrons. The van der Waals surface area contributed by atoms with E-state index in [2.05, 4.69) is 16.4 Å². The smallest absolute Gasteiger partial charge is 0.308 e. The average molecular weight is 413 g/mol. The van der Waals surface area contributed by atoms with Crippen LogP contribution in [0.2, 0.25) is 0 Å². The van der Waals surface area contributed by atoms with Gasteiger partial charge in [-0.05, 0) is 73.8 Å². The fourth-order valence-corrected chi connectivity index (χ4v) is 3.52. The first-order valence-electron chi connectivity index (χ1n) is 10.7. The molecule has 0 spiro atoms. The number of carbonyl (C=O) groups is 2. The van der Waals surface area contributed by atoms with Gasteiger partial charge in [-0.1, -0.05) is 25.1 Å². The standard InChI is InChI=1S/C24H29FN2O3/c1-3-17(24(29)30-4-2)11-12-26-23(28)22-19(13-16-5-9-21(25)10-6-16)14-20(15-27-22)18-7-8-18/h5-6,9-10,14-15,17-18H,3-4,7-8,11-13H2,1-2H3,(H,26,28). The summed E-state index contributed by atoms with van der Waals surface area (Å²) >= 11 is 0. The van der Waals surface area contributed by atoms with Crippen molar-refractivity contribution in [3.63, 3.8) is 0 Å². The van der Waals surface area contributed by atoms with Crippen molar-refractivity contribution >= 4 is 11.9 Å². The SMILES string of the molecule is CCOC(=O)C(CC)CCNC(=O)c1ncc(C2CC2)cc1Cc1ccc(F)cc1. The quantitative estimate of drug-likeness (QED) is 0.588. The number of nitrogens with one attached hydrogen (secondary N) is 1. The van der Waals surface area contributed by atoms with Crippen LogP contribution in [0.5, 0.6) is 0 Å². The molecule has 1 atom stereocenters. The van der Waals surface area contributed by atoms with Crippen LogP contribution in [0.3, 0.4) is 0 Å². The first kappa shape index (κ1) is 21.9. The van der Waals surface area contributed by atoms with Crippen molar-refractivity contribution in [2.24, 2.45) is 5.92 Å². The zero-order chi connectivity index (χ0) is 21.5. The van der Waals surface area contributed by atoms with Crippen molar-refractivity contribution in [3.05, 3.63) is 64.7 Å². The Bertz CT molecular complexity index is 879. The van der Waals surface area contributed by atoms with Crippen LogP contribution in [-0.4, -0.2) is 30.0 Å². The molecule has 1 unspecified atom stereocenters. The molecule has 1 aliphatic rings. The number of halogens is 1. The molecule has 6 heteroatoms. The zero-order valence-corrected chi connectivity index (χ0v) is 17.6. The molecule has 1 saturated carbocycles. The Hall–Kier alpha value is -2.76. The summed E-state index contributed by atoms with van der Waals surface area (Å²) in [6.45, 7) is 4.44. The normalized spacial score (nSPS) is 14.2. The Labute approximate surface area is 177 Å². The highest BCUT2D eigenvalue weighted by molar-refractivity contribution is 5.93. The van der Waals surface area contributed by atoms with Crippen LogP contribution in [0, 0.1) is 11.7 Å². The number of aromatic nitrogens is 1. The molecule has 1 aromatic carbocycles. The number of esters is 1. The molecule has 3 rings (SSSR count). The predicted molar refractivity (Wildman–Crippen MR) is 113 cm³/mol. The van der Waals surface area contributed by atoms with Crippen LogP contribution in [-0.2, 0) is 16.0 Å². The van der Waals surface area contributed by atoms with Crippen LogP contribution >= 0.6 is 0 Å². The largest absolute Gasteiger partial charge is 0.466 e. The van der Waals surface area contributed by atoms with Gasteiger partial charge in [0.2, 0.25) is 0 Å². The van der Waals surface area contributed by atoms with Gasteiger partial charge in [0.15, 0.2) is 0 Å². The minimum atomic E-state index is -0.284. The molecule has 0 radical (unpaired) electrons. The number of carbonyl (C=O) groups excluding carboxylic acids is 2. The van der Waals surface area contributed by atoms with Crippen molar-refractivity contribution in [3.8, 4) is 0 Å². The maximum atomic E-state index is 13.2. The Balaban J connectivity index is 1.69. The van der Waals surface area contributed by atoms with E-state index in [0.29, 0.717) is 44.0 Å². The van der Waals surface area contributed by atoms with Gasteiger partial charge in [0, 0.05) is 12.7 Å². The summed E-state index contributed by atoms with van der Waals surface area (Å²) in [6.07, 6.45) is 5.78. The molecule has 0 aliphatic heterocycles. The lowest BCUT2D eigenvalue weighted by atomic mass is 9.99. The van der Waals surface area contributed by atoms with E-state index in [1.807, 2.05) is 6.92 Å². The van der Waals surface area contributed by atoms with Crippen molar-refractivity contribution in [2.75, 3.05) is 13.2 Å². The fraction of sp³-hybridized carbons (Fsp3) is 0.458. The Morgan fingerprint density at radius 3 is 2.60 bits per heavy atom. The van der Waals surface area contributed by atoms with Gasteiger partial charge < -0.3 is 10.1 Å². The molecule has 5 nitrogen and oxygen atoms in total. The van der Waals surface area contributed by atoms with E-state index in [1.54, 1.807) is 25.3 Å². The third-order valence-corrected chi connectivity index (χ3v) is 5.45. The number of hydrogen-bond donors (Lipinski definition) is 1. The third kappa shape index (κ3) is 5.88. The summed E-state index contributed by atoms with van der Waals surface area (Å²) in [5.41, 5.74) is 3.29. The Morgan fingerprint density at radius 1 is 1.23 bits per heavy atom. The van der Waals surface area contributed by atoms with E-state index in [1.165, 1.54) is 12.1 Å². The second-order valence-electron chi connectivity index (χ2n) is 7.76. The van der Waals surface area contributed by atoms with Gasteiger partial charge in [-0.25, -0.2) is 4.39 Å². The predicted octanol–water partition coefficient (Wildman–Crippen LogP) is 4.40. The summed E-state index contributed by atoms with van der Waals surface area (Å²) in [4.78, 5) is 29.2. The molecular formula is C24H29FN2O3. The maximum absolute atomic E-state index is 13.2. The maximum Gasteiger partial charge on any atom is 0.308 e. The number of ether oxygens (including phenoxy) is 1. The first-order chi connectivity index (χ1) is 14.5. The van der Waals surface area contributed by atoms with Crippen molar-refractivity contribution in [2.45, 2.75) is 51.9 Å². The molecule has 1 aromatic heterocycles. The first-order valence-corrected chi connectivity index (χ1v) is 10.7. The molecule has 0 saturated heterocycles. The minimum Gasteiger partial charge on any atom is -0.466 e. The van der Waals surface area contributed by atoms with Crippen LogP contribution in [0.15, 0.2) is 36.5 Å². The van der Waals surface area contributed by atoms with Crippen molar-refractivity contribution in [1.29, 1.82) is 0 Å². The summed E-state index contributed by atoms with van der Waals surface area (Å²) in [5.74, 6) is -0.467. The molecule has 1 N–H and O–H groups in total. The molecule has 0 bridgehead atoms. The van der Waals surface area contributed by atoms with Crippen LogP contribution < -0.4 is 5.32 Å². The van der Waals surface area contributed by atoms with E-state index >= 15 is 0 Å². The van der Waals surface area contributed by atoms with Crippen molar-refractivity contribution in [1.82, 2.24) is 10.3 Å². The Morgan fingerprint density at radius 2 is 1.97 bits per heavy atom. The van der Waals surface area contributed by atoms with Crippen LogP contribution in [0.1, 0.15) is 72.6 Å². The van der Waals surface area contributed by atoms with E-state index in [-0.39, 0.29) is 23.6 Å². The topological polar surface area (TPSA) is 68.3 Å². The van der Waals surface area contributed by atoms with Gasteiger partial charge >= 0.3 is 5.97 Å². The lowest BCUT2D eigenvalue weighted by Gasteiger charge is -2.15. The average Bonchev–Trinajstić information content (AvgIpc) is 3.58. The van der Waals surface area contributed by atoms with Gasteiger partial charge in [-0.3, -0.25) is 14.6 Å². The van der Waals surface area contributed by atoms with E-state index in [9.17, 15) is 14.0 Å². The number of hydrogen-bond acceptors (Lipinski definition) is 4. The molecule has 30 heavy (non-hydrogen) atoms. The molecular weight excluding hydrogens is 383 g/mol. The molecule has 1 amide bonds. The Kier molecular flexibility index (Phi) is 7.55. The summed E-state index contributed by atoms with van der Waals surface area (Å²) in [7, 11) is 0. The number of rotatable bonds is 10. The molecule has 1 fully saturated rings. The monoisotopic (exact) mass is 412 g/mol. The summed E-state index contributed by atoms with van der Waals surface area (Å²) in [5, 5.41) is 2.89. The van der Waals surface area contributed by atoms with Gasteiger partial charge in [0.25, 0.3) is 5.91 Å². The third-order valence-electron chi connectivity index (χ3n) is 5.45. The second-order valence-corrected chi connectivity index (χ2v) is 7.76. The van der Waals surface area contributed by atoms with E-state index in [0.717, 1.165) is 29.5 Å². The van der Waals surface area contributed by atoms with E-state index < -0.39 is 0 Å². The zero-order valence-electron chi connectivity index (χ0n) is 17.6. The number of amides is 1. The fourth-order valence-electron chi connectivity index (χ4n) is 3.52. The molecule has 1 aliphatic carbocycles. The number of benzene rings is 1. The van der Waals surface area contributed by atoms with E-state index in [4.69, 9.17) is 4.74 Å². The summed E-state index contributed by atoms with van der Waals surface area (Å²) in [6, 6.07) is 8.36. The second kappa shape index (κ2) is 10.3. The summed E-state index contributed by atoms with van der Waals surface area (Å²) < 4.78 is 18.3. The van der Waals surface area contributed by atoms with Gasteiger partial charge in [-0.2, -0.15) is 0 Å². The molecule has 2 aromatic rings. The van der Waals surface area contributed by atoms with Crippen molar-refractivity contribution < 1.29 is 18.7 Å². The van der Waals surface area contributed by atoms with Gasteiger partial charge in [-0.15, -0.1) is 0 Å².